The van der Waals surface area contributed by atoms with Crippen LogP contribution in [0.2, 0.25) is 0 Å². The molecular formula is C12H15N5. The second-order valence-electron chi connectivity index (χ2n) is 4.98. The molecular weight excluding hydrogens is 214 g/mol. The van der Waals surface area contributed by atoms with Crippen LogP contribution in [0.5, 0.6) is 0 Å². The normalized spacial score (nSPS) is 27.9. The van der Waals surface area contributed by atoms with E-state index in [4.69, 9.17) is 0 Å². The average Bonchev–Trinajstić information content (AvgIpc) is 2.95. The number of nitrogens with one attached hydrogen (secondary N) is 2. The van der Waals surface area contributed by atoms with Gasteiger partial charge < -0.3 is 15.2 Å². The van der Waals surface area contributed by atoms with E-state index in [0.29, 0.717) is 12.1 Å². The minimum absolute atomic E-state index is 0.637. The highest BCUT2D eigenvalue weighted by Gasteiger charge is 2.33. The van der Waals surface area contributed by atoms with Crippen molar-refractivity contribution in [2.75, 3.05) is 18.0 Å². The van der Waals surface area contributed by atoms with Crippen molar-refractivity contribution in [3.8, 4) is 0 Å². The van der Waals surface area contributed by atoms with Gasteiger partial charge in [0, 0.05) is 31.4 Å². The molecule has 2 N–H and O–H groups in total. The van der Waals surface area contributed by atoms with Crippen LogP contribution in [0.4, 0.5) is 5.82 Å². The van der Waals surface area contributed by atoms with Gasteiger partial charge in [0.15, 0.2) is 0 Å². The zero-order valence-electron chi connectivity index (χ0n) is 9.56. The maximum absolute atomic E-state index is 4.47. The SMILES string of the molecule is c1nc(N2CC3CCC(C2)N3)c2cc[nH]c2n1. The van der Waals surface area contributed by atoms with Crippen molar-refractivity contribution in [1.29, 1.82) is 0 Å². The Hall–Kier alpha value is -1.62. The molecule has 5 nitrogen and oxygen atoms in total. The summed E-state index contributed by atoms with van der Waals surface area (Å²) in [6.45, 7) is 2.13. The third-order valence-electron chi connectivity index (χ3n) is 3.85. The summed E-state index contributed by atoms with van der Waals surface area (Å²) in [4.78, 5) is 14.3. The molecule has 88 valence electrons. The standard InChI is InChI=1S/C12H15N5/c1-2-9-6-17(5-8(1)16-9)12-10-3-4-13-11(10)14-7-15-12/h3-4,7-9,16H,1-2,5-6H2,(H,13,14,15). The number of hydrogen-bond acceptors (Lipinski definition) is 4. The summed E-state index contributed by atoms with van der Waals surface area (Å²) in [6, 6.07) is 3.34. The molecule has 2 bridgehead atoms. The van der Waals surface area contributed by atoms with Crippen LogP contribution < -0.4 is 10.2 Å². The van der Waals surface area contributed by atoms with Crippen molar-refractivity contribution in [2.24, 2.45) is 0 Å². The Balaban J connectivity index is 1.76. The lowest BCUT2D eigenvalue weighted by atomic mass is 10.2. The van der Waals surface area contributed by atoms with Gasteiger partial charge in [-0.05, 0) is 18.9 Å². The minimum Gasteiger partial charge on any atom is -0.353 e. The van der Waals surface area contributed by atoms with Gasteiger partial charge in [-0.25, -0.2) is 9.97 Å². The molecule has 5 heteroatoms. The van der Waals surface area contributed by atoms with E-state index in [1.165, 1.54) is 12.8 Å². The number of H-pyrrole nitrogens is 1. The second-order valence-corrected chi connectivity index (χ2v) is 4.98. The molecule has 2 saturated heterocycles. The van der Waals surface area contributed by atoms with Crippen molar-refractivity contribution < 1.29 is 0 Å². The van der Waals surface area contributed by atoms with Gasteiger partial charge in [-0.15, -0.1) is 0 Å². The van der Waals surface area contributed by atoms with Crippen LogP contribution in [0.1, 0.15) is 12.8 Å². The molecule has 2 aromatic heterocycles. The van der Waals surface area contributed by atoms with E-state index in [9.17, 15) is 0 Å². The highest BCUT2D eigenvalue weighted by molar-refractivity contribution is 5.87. The summed E-state index contributed by atoms with van der Waals surface area (Å²) in [6.07, 6.45) is 6.17. The van der Waals surface area contributed by atoms with Gasteiger partial charge in [0.1, 0.15) is 17.8 Å². The Kier molecular flexibility index (Phi) is 1.90. The number of fused-ring (bicyclic) bond motifs is 3. The van der Waals surface area contributed by atoms with E-state index >= 15 is 0 Å². The zero-order chi connectivity index (χ0) is 11.2. The second kappa shape index (κ2) is 3.43. The minimum atomic E-state index is 0.637. The number of aromatic amines is 1. The largest absolute Gasteiger partial charge is 0.353 e. The van der Waals surface area contributed by atoms with E-state index in [1.54, 1.807) is 6.33 Å². The van der Waals surface area contributed by atoms with Crippen LogP contribution in [0.15, 0.2) is 18.6 Å². The van der Waals surface area contributed by atoms with Crippen molar-refractivity contribution >= 4 is 16.9 Å². The van der Waals surface area contributed by atoms with E-state index in [1.807, 2.05) is 6.20 Å². The fourth-order valence-electron chi connectivity index (χ4n) is 3.08. The topological polar surface area (TPSA) is 56.8 Å². The number of nitrogens with zero attached hydrogens (tertiary/aromatic N) is 3. The molecule has 0 amide bonds. The summed E-state index contributed by atoms with van der Waals surface area (Å²) in [5.74, 6) is 1.08. The average molecular weight is 229 g/mol. The molecule has 2 atom stereocenters. The number of piperazine rings is 1. The van der Waals surface area contributed by atoms with Crippen LogP contribution in [-0.4, -0.2) is 40.1 Å². The summed E-state index contributed by atoms with van der Waals surface area (Å²) in [5, 5.41) is 4.77. The van der Waals surface area contributed by atoms with Crippen LogP contribution in [0.3, 0.4) is 0 Å². The van der Waals surface area contributed by atoms with Crippen LogP contribution in [0, 0.1) is 0 Å². The van der Waals surface area contributed by atoms with Gasteiger partial charge >= 0.3 is 0 Å². The lowest BCUT2D eigenvalue weighted by Gasteiger charge is -2.33. The van der Waals surface area contributed by atoms with E-state index in [2.05, 4.69) is 31.2 Å². The first-order chi connectivity index (χ1) is 8.40. The van der Waals surface area contributed by atoms with Crippen LogP contribution in [0.25, 0.3) is 11.0 Å². The van der Waals surface area contributed by atoms with Gasteiger partial charge in [0.05, 0.1) is 5.39 Å². The Bertz CT molecular complexity index is 537. The Labute approximate surface area is 99.2 Å². The first-order valence-electron chi connectivity index (χ1n) is 6.19. The predicted molar refractivity (Wildman–Crippen MR) is 66.0 cm³/mol. The lowest BCUT2D eigenvalue weighted by molar-refractivity contribution is 0.464. The van der Waals surface area contributed by atoms with Gasteiger partial charge in [-0.1, -0.05) is 0 Å². The van der Waals surface area contributed by atoms with Gasteiger partial charge in [-0.3, -0.25) is 0 Å². The molecule has 2 aromatic rings. The quantitative estimate of drug-likeness (QED) is 0.763. The fraction of sp³-hybridized carbons (Fsp3) is 0.500. The third-order valence-corrected chi connectivity index (χ3v) is 3.85. The molecule has 2 aliphatic heterocycles. The van der Waals surface area contributed by atoms with Crippen LogP contribution in [-0.2, 0) is 0 Å². The number of rotatable bonds is 1. The molecule has 4 heterocycles. The molecule has 2 aliphatic rings. The van der Waals surface area contributed by atoms with Crippen LogP contribution >= 0.6 is 0 Å². The summed E-state index contributed by atoms with van der Waals surface area (Å²) >= 11 is 0. The Morgan fingerprint density at radius 2 is 2.00 bits per heavy atom. The van der Waals surface area contributed by atoms with E-state index in [0.717, 1.165) is 29.9 Å². The Morgan fingerprint density at radius 3 is 2.82 bits per heavy atom. The number of hydrogen-bond donors (Lipinski definition) is 2. The highest BCUT2D eigenvalue weighted by atomic mass is 15.3. The Morgan fingerprint density at radius 1 is 1.18 bits per heavy atom. The molecule has 0 saturated carbocycles. The summed E-state index contributed by atoms with van der Waals surface area (Å²) in [7, 11) is 0. The summed E-state index contributed by atoms with van der Waals surface area (Å²) < 4.78 is 0. The van der Waals surface area contributed by atoms with Gasteiger partial charge in [-0.2, -0.15) is 0 Å². The zero-order valence-corrected chi connectivity index (χ0v) is 9.56. The molecule has 0 aliphatic carbocycles. The monoisotopic (exact) mass is 229 g/mol. The van der Waals surface area contributed by atoms with Crippen molar-refractivity contribution in [3.05, 3.63) is 18.6 Å². The first-order valence-corrected chi connectivity index (χ1v) is 6.19. The molecule has 0 aromatic carbocycles. The highest BCUT2D eigenvalue weighted by Crippen LogP contribution is 2.27. The molecule has 2 fully saturated rings. The van der Waals surface area contributed by atoms with Crippen molar-refractivity contribution in [2.45, 2.75) is 24.9 Å². The van der Waals surface area contributed by atoms with E-state index in [-0.39, 0.29) is 0 Å². The molecule has 4 rings (SSSR count). The van der Waals surface area contributed by atoms with Gasteiger partial charge in [0.25, 0.3) is 0 Å². The maximum Gasteiger partial charge on any atom is 0.142 e. The maximum atomic E-state index is 4.47. The number of aromatic nitrogens is 3. The molecule has 0 spiro atoms. The first kappa shape index (κ1) is 9.41. The fourth-order valence-corrected chi connectivity index (χ4v) is 3.08. The van der Waals surface area contributed by atoms with Crippen molar-refractivity contribution in [1.82, 2.24) is 20.3 Å². The van der Waals surface area contributed by atoms with E-state index < -0.39 is 0 Å². The third kappa shape index (κ3) is 1.42. The molecule has 2 unspecified atom stereocenters. The lowest BCUT2D eigenvalue weighted by Crippen LogP contribution is -2.51. The van der Waals surface area contributed by atoms with Crippen molar-refractivity contribution in [3.63, 3.8) is 0 Å². The van der Waals surface area contributed by atoms with Gasteiger partial charge in [0.2, 0.25) is 0 Å². The number of anilines is 1. The smallest absolute Gasteiger partial charge is 0.142 e. The molecule has 0 radical (unpaired) electrons. The predicted octanol–water partition coefficient (Wildman–Crippen LogP) is 0.898. The summed E-state index contributed by atoms with van der Waals surface area (Å²) in [5.41, 5.74) is 0.931. The molecule has 17 heavy (non-hydrogen) atoms.